The normalized spacial score (nSPS) is 18.6. The van der Waals surface area contributed by atoms with Gasteiger partial charge in [-0.15, -0.1) is 0 Å². The van der Waals surface area contributed by atoms with Crippen molar-refractivity contribution in [2.45, 2.75) is 51.9 Å². The molecular formula is C21H26N2O. The summed E-state index contributed by atoms with van der Waals surface area (Å²) in [6, 6.07) is 9.92. The maximum Gasteiger partial charge on any atom is 0.250 e. The van der Waals surface area contributed by atoms with E-state index in [1.165, 1.54) is 11.1 Å². The Morgan fingerprint density at radius 3 is 2.71 bits per heavy atom. The average Bonchev–Trinajstić information content (AvgIpc) is 2.77. The van der Waals surface area contributed by atoms with Crippen LogP contribution in [0.3, 0.4) is 0 Å². The SMILES string of the molecule is CC(C)CC1CC(C)(C)c2cccc(-c3ncccc3C(N)=O)c21. The molecule has 2 aromatic rings. The van der Waals surface area contributed by atoms with Gasteiger partial charge in [-0.05, 0) is 53.4 Å². The first kappa shape index (κ1) is 16.7. The van der Waals surface area contributed by atoms with Gasteiger partial charge in [0.15, 0.2) is 0 Å². The molecule has 3 heteroatoms. The molecule has 126 valence electrons. The van der Waals surface area contributed by atoms with Gasteiger partial charge in [0.2, 0.25) is 0 Å². The van der Waals surface area contributed by atoms with E-state index in [-0.39, 0.29) is 5.41 Å². The number of carbonyl (C=O) groups is 1. The smallest absolute Gasteiger partial charge is 0.250 e. The van der Waals surface area contributed by atoms with E-state index in [9.17, 15) is 4.79 Å². The topological polar surface area (TPSA) is 56.0 Å². The first-order chi connectivity index (χ1) is 11.3. The summed E-state index contributed by atoms with van der Waals surface area (Å²) in [6.07, 6.45) is 4.02. The summed E-state index contributed by atoms with van der Waals surface area (Å²) < 4.78 is 0. The Balaban J connectivity index is 2.23. The maximum atomic E-state index is 11.9. The zero-order valence-corrected chi connectivity index (χ0v) is 15.0. The number of pyridine rings is 1. The molecule has 0 radical (unpaired) electrons. The Labute approximate surface area is 144 Å². The minimum atomic E-state index is -0.423. The molecule has 3 nitrogen and oxygen atoms in total. The molecule has 1 amide bonds. The molecule has 0 saturated carbocycles. The molecule has 0 fully saturated rings. The van der Waals surface area contributed by atoms with E-state index in [1.54, 1.807) is 18.3 Å². The van der Waals surface area contributed by atoms with E-state index in [4.69, 9.17) is 5.73 Å². The van der Waals surface area contributed by atoms with Crippen LogP contribution < -0.4 is 5.73 Å². The van der Waals surface area contributed by atoms with Gasteiger partial charge in [-0.1, -0.05) is 45.9 Å². The predicted octanol–water partition coefficient (Wildman–Crippen LogP) is 4.66. The van der Waals surface area contributed by atoms with E-state index < -0.39 is 5.91 Å². The standard InChI is InChI=1S/C21H26N2O/c1-13(2)11-14-12-21(3,4)17-9-5-7-15(18(14)17)19-16(20(22)24)8-6-10-23-19/h5-10,13-14H,11-12H2,1-4H3,(H2,22,24). The van der Waals surface area contributed by atoms with Crippen LogP contribution in [0, 0.1) is 5.92 Å². The summed E-state index contributed by atoms with van der Waals surface area (Å²) in [5.41, 5.74) is 10.8. The van der Waals surface area contributed by atoms with E-state index in [0.717, 1.165) is 18.4 Å². The number of aromatic nitrogens is 1. The van der Waals surface area contributed by atoms with Crippen LogP contribution >= 0.6 is 0 Å². The average molecular weight is 322 g/mol. The molecular weight excluding hydrogens is 296 g/mol. The van der Waals surface area contributed by atoms with Crippen LogP contribution in [0.15, 0.2) is 36.5 Å². The minimum Gasteiger partial charge on any atom is -0.366 e. The molecule has 0 aliphatic heterocycles. The molecule has 1 aliphatic rings. The second-order valence-electron chi connectivity index (χ2n) is 7.95. The van der Waals surface area contributed by atoms with Crippen molar-refractivity contribution < 1.29 is 4.79 Å². The third-order valence-corrected chi connectivity index (χ3v) is 5.08. The molecule has 0 bridgehead atoms. The number of benzene rings is 1. The zero-order chi connectivity index (χ0) is 17.5. The third-order valence-electron chi connectivity index (χ3n) is 5.08. The lowest BCUT2D eigenvalue weighted by Gasteiger charge is -2.19. The van der Waals surface area contributed by atoms with Gasteiger partial charge in [0.05, 0.1) is 11.3 Å². The first-order valence-corrected chi connectivity index (χ1v) is 8.70. The number of rotatable bonds is 4. The van der Waals surface area contributed by atoms with Gasteiger partial charge < -0.3 is 5.73 Å². The third kappa shape index (κ3) is 2.83. The fourth-order valence-corrected chi connectivity index (χ4v) is 4.22. The van der Waals surface area contributed by atoms with Crippen LogP contribution in [0.1, 0.15) is 67.9 Å². The quantitative estimate of drug-likeness (QED) is 0.890. The monoisotopic (exact) mass is 322 g/mol. The Hall–Kier alpha value is -2.16. The van der Waals surface area contributed by atoms with Crippen molar-refractivity contribution in [1.82, 2.24) is 4.98 Å². The number of nitrogens with zero attached hydrogens (tertiary/aromatic N) is 1. The van der Waals surface area contributed by atoms with Gasteiger partial charge in [-0.3, -0.25) is 9.78 Å². The molecule has 2 N–H and O–H groups in total. The summed E-state index contributed by atoms with van der Waals surface area (Å²) in [6.45, 7) is 9.15. The lowest BCUT2D eigenvalue weighted by molar-refractivity contribution is 0.100. The molecule has 1 atom stereocenters. The van der Waals surface area contributed by atoms with E-state index in [0.29, 0.717) is 23.1 Å². The summed E-state index contributed by atoms with van der Waals surface area (Å²) in [5.74, 6) is 0.700. The Kier molecular flexibility index (Phi) is 4.20. The van der Waals surface area contributed by atoms with Crippen molar-refractivity contribution in [3.8, 4) is 11.3 Å². The van der Waals surface area contributed by atoms with E-state index >= 15 is 0 Å². The largest absolute Gasteiger partial charge is 0.366 e. The molecule has 1 aromatic heterocycles. The van der Waals surface area contributed by atoms with Crippen molar-refractivity contribution in [3.05, 3.63) is 53.2 Å². The van der Waals surface area contributed by atoms with Gasteiger partial charge in [-0.2, -0.15) is 0 Å². The van der Waals surface area contributed by atoms with Crippen LogP contribution in [0.5, 0.6) is 0 Å². The Bertz CT molecular complexity index is 777. The number of fused-ring (bicyclic) bond motifs is 1. The second kappa shape index (κ2) is 6.04. The Morgan fingerprint density at radius 1 is 1.29 bits per heavy atom. The van der Waals surface area contributed by atoms with Crippen LogP contribution in [-0.4, -0.2) is 10.9 Å². The molecule has 24 heavy (non-hydrogen) atoms. The van der Waals surface area contributed by atoms with Gasteiger partial charge in [0.1, 0.15) is 0 Å². The number of primary amides is 1. The fourth-order valence-electron chi connectivity index (χ4n) is 4.22. The van der Waals surface area contributed by atoms with Crippen LogP contribution in [0.2, 0.25) is 0 Å². The molecule has 1 aliphatic carbocycles. The number of amides is 1. The lowest BCUT2D eigenvalue weighted by atomic mass is 9.85. The summed E-state index contributed by atoms with van der Waals surface area (Å²) in [5, 5.41) is 0. The highest BCUT2D eigenvalue weighted by Gasteiger charge is 2.38. The maximum absolute atomic E-state index is 11.9. The van der Waals surface area contributed by atoms with Crippen molar-refractivity contribution in [1.29, 1.82) is 0 Å². The molecule has 3 rings (SSSR count). The fraction of sp³-hybridized carbons (Fsp3) is 0.429. The van der Waals surface area contributed by atoms with Crippen molar-refractivity contribution in [3.63, 3.8) is 0 Å². The van der Waals surface area contributed by atoms with Crippen molar-refractivity contribution >= 4 is 5.91 Å². The molecule has 0 saturated heterocycles. The predicted molar refractivity (Wildman–Crippen MR) is 98.0 cm³/mol. The number of hydrogen-bond donors (Lipinski definition) is 1. The van der Waals surface area contributed by atoms with Crippen molar-refractivity contribution in [2.24, 2.45) is 11.7 Å². The van der Waals surface area contributed by atoms with Gasteiger partial charge in [0, 0.05) is 11.8 Å². The highest BCUT2D eigenvalue weighted by atomic mass is 16.1. The van der Waals surface area contributed by atoms with Crippen molar-refractivity contribution in [2.75, 3.05) is 0 Å². The van der Waals surface area contributed by atoms with E-state index in [2.05, 4.69) is 50.9 Å². The highest BCUT2D eigenvalue weighted by Crippen LogP contribution is 2.51. The highest BCUT2D eigenvalue weighted by molar-refractivity contribution is 5.99. The number of carbonyl (C=O) groups excluding carboxylic acids is 1. The van der Waals surface area contributed by atoms with Crippen LogP contribution in [0.4, 0.5) is 0 Å². The molecule has 1 aromatic carbocycles. The van der Waals surface area contributed by atoms with Gasteiger partial charge in [-0.25, -0.2) is 0 Å². The zero-order valence-electron chi connectivity index (χ0n) is 15.0. The Morgan fingerprint density at radius 2 is 2.04 bits per heavy atom. The van der Waals surface area contributed by atoms with Gasteiger partial charge in [0.25, 0.3) is 5.91 Å². The molecule has 0 spiro atoms. The first-order valence-electron chi connectivity index (χ1n) is 8.70. The summed E-state index contributed by atoms with van der Waals surface area (Å²) >= 11 is 0. The van der Waals surface area contributed by atoms with Gasteiger partial charge >= 0.3 is 0 Å². The molecule has 1 heterocycles. The second-order valence-corrected chi connectivity index (χ2v) is 7.95. The lowest BCUT2D eigenvalue weighted by Crippen LogP contribution is -2.14. The number of hydrogen-bond acceptors (Lipinski definition) is 2. The number of nitrogens with two attached hydrogens (primary N) is 1. The van der Waals surface area contributed by atoms with E-state index in [1.807, 2.05) is 0 Å². The minimum absolute atomic E-state index is 0.145. The summed E-state index contributed by atoms with van der Waals surface area (Å²) in [7, 11) is 0. The van der Waals surface area contributed by atoms with Crippen LogP contribution in [0.25, 0.3) is 11.3 Å². The van der Waals surface area contributed by atoms with Crippen LogP contribution in [-0.2, 0) is 5.41 Å². The molecule has 1 unspecified atom stereocenters. The summed E-state index contributed by atoms with van der Waals surface area (Å²) in [4.78, 5) is 16.4.